The molecule has 0 aliphatic carbocycles. The van der Waals surface area contributed by atoms with E-state index in [1.165, 1.54) is 43.4 Å². The molecule has 162 valence electrons. The van der Waals surface area contributed by atoms with Crippen LogP contribution in [0.4, 0.5) is 0 Å². The topological polar surface area (TPSA) is 46.7 Å². The average Bonchev–Trinajstić information content (AvgIpc) is 3.27. The van der Waals surface area contributed by atoms with Crippen LogP contribution in [0.5, 0.6) is 0 Å². The van der Waals surface area contributed by atoms with Crippen molar-refractivity contribution in [2.24, 2.45) is 0 Å². The normalized spacial score (nSPS) is 44.0. The number of thioether (sulfide) groups is 1. The van der Waals surface area contributed by atoms with Crippen LogP contribution in [0.3, 0.4) is 0 Å². The number of nitrogens with zero attached hydrogens (tertiary/aromatic N) is 2. The lowest BCUT2D eigenvalue weighted by atomic mass is 9.86. The molecule has 6 heterocycles. The van der Waals surface area contributed by atoms with E-state index in [0.29, 0.717) is 5.25 Å². The number of likely N-dealkylation sites (tertiary alicyclic amines) is 1. The third kappa shape index (κ3) is 3.19. The van der Waals surface area contributed by atoms with E-state index in [9.17, 15) is 0 Å². The van der Waals surface area contributed by atoms with Crippen molar-refractivity contribution in [1.82, 2.24) is 9.96 Å². The lowest BCUT2D eigenvalue weighted by Crippen LogP contribution is -2.65. The van der Waals surface area contributed by atoms with Gasteiger partial charge in [-0.25, -0.2) is 0 Å². The van der Waals surface area contributed by atoms with Crippen LogP contribution in [0.15, 0.2) is 11.3 Å². The van der Waals surface area contributed by atoms with Crippen LogP contribution >= 0.6 is 11.8 Å². The van der Waals surface area contributed by atoms with Crippen LogP contribution in [0.1, 0.15) is 57.8 Å². The Balaban J connectivity index is 1.48. The fourth-order valence-electron chi connectivity index (χ4n) is 6.10. The quantitative estimate of drug-likeness (QED) is 0.630. The van der Waals surface area contributed by atoms with Gasteiger partial charge in [0, 0.05) is 37.1 Å². The minimum absolute atomic E-state index is 0.0160. The van der Waals surface area contributed by atoms with Crippen LogP contribution in [-0.4, -0.2) is 78.0 Å². The maximum absolute atomic E-state index is 6.87. The summed E-state index contributed by atoms with van der Waals surface area (Å²) in [6.07, 6.45) is 10.9. The molecule has 5 unspecified atom stereocenters. The van der Waals surface area contributed by atoms with Gasteiger partial charge in [-0.1, -0.05) is 5.06 Å². The lowest BCUT2D eigenvalue weighted by Gasteiger charge is -2.46. The first kappa shape index (κ1) is 19.4. The zero-order valence-electron chi connectivity index (χ0n) is 17.4. The first-order valence-corrected chi connectivity index (χ1v) is 12.9. The molecule has 5 atom stereocenters. The molecule has 0 spiro atoms. The fraction of sp³-hybridized carbons (Fsp3) is 0.909. The van der Waals surface area contributed by atoms with Crippen LogP contribution in [0.2, 0.25) is 0 Å². The van der Waals surface area contributed by atoms with Gasteiger partial charge in [-0.15, -0.1) is 0 Å². The minimum Gasteiger partial charge on any atom is -0.403 e. The van der Waals surface area contributed by atoms with Crippen molar-refractivity contribution in [2.75, 3.05) is 38.7 Å². The highest BCUT2D eigenvalue weighted by atomic mass is 32.2. The molecule has 7 heteroatoms. The molecule has 0 radical (unpaired) electrons. The second-order valence-electron chi connectivity index (χ2n) is 9.26. The second-order valence-corrected chi connectivity index (χ2v) is 10.6. The molecule has 6 nitrogen and oxygen atoms in total. The van der Waals surface area contributed by atoms with Gasteiger partial charge in [0.15, 0.2) is 11.4 Å². The first-order valence-electron chi connectivity index (χ1n) is 11.8. The summed E-state index contributed by atoms with van der Waals surface area (Å²) in [5.41, 5.74) is 1.18. The summed E-state index contributed by atoms with van der Waals surface area (Å²) in [4.78, 5) is 9.54. The molecule has 6 aliphatic heterocycles. The molecule has 6 rings (SSSR count). The van der Waals surface area contributed by atoms with Gasteiger partial charge in [-0.05, 0) is 63.5 Å². The summed E-state index contributed by atoms with van der Waals surface area (Å²) >= 11 is 2.12. The Hall–Kier alpha value is -0.310. The summed E-state index contributed by atoms with van der Waals surface area (Å²) in [6.45, 7) is 4.73. The third-order valence-electron chi connectivity index (χ3n) is 7.46. The third-order valence-corrected chi connectivity index (χ3v) is 8.85. The molecule has 0 amide bonds. The van der Waals surface area contributed by atoms with Gasteiger partial charge in [0.1, 0.15) is 18.4 Å². The second kappa shape index (κ2) is 7.99. The van der Waals surface area contributed by atoms with E-state index >= 15 is 0 Å². The number of epoxide rings is 1. The Morgan fingerprint density at radius 3 is 2.38 bits per heavy atom. The van der Waals surface area contributed by atoms with E-state index in [2.05, 4.69) is 21.7 Å². The summed E-state index contributed by atoms with van der Waals surface area (Å²) in [7, 11) is 0. The monoisotopic (exact) mass is 422 g/mol. The number of hydrogen-bond donors (Lipinski definition) is 0. The van der Waals surface area contributed by atoms with Crippen LogP contribution in [-0.2, 0) is 19.0 Å². The van der Waals surface area contributed by atoms with E-state index in [-0.39, 0.29) is 24.1 Å². The molecule has 0 aromatic heterocycles. The predicted octanol–water partition coefficient (Wildman–Crippen LogP) is 3.28. The fourth-order valence-corrected chi connectivity index (χ4v) is 7.50. The molecule has 29 heavy (non-hydrogen) atoms. The number of hydroxylamine groups is 2. The number of hydrogen-bond acceptors (Lipinski definition) is 7. The smallest absolute Gasteiger partial charge is 0.166 e. The predicted molar refractivity (Wildman–Crippen MR) is 111 cm³/mol. The Morgan fingerprint density at radius 2 is 1.72 bits per heavy atom. The van der Waals surface area contributed by atoms with Crippen molar-refractivity contribution >= 4 is 11.8 Å². The van der Waals surface area contributed by atoms with Gasteiger partial charge in [0.2, 0.25) is 0 Å². The van der Waals surface area contributed by atoms with E-state index < -0.39 is 0 Å². The Bertz CT molecular complexity index is 633. The maximum atomic E-state index is 6.87. The van der Waals surface area contributed by atoms with Crippen molar-refractivity contribution in [1.29, 1.82) is 0 Å². The molecule has 0 aromatic carbocycles. The molecule has 0 aromatic rings. The highest BCUT2D eigenvalue weighted by molar-refractivity contribution is 8.00. The molecule has 5 saturated heterocycles. The van der Waals surface area contributed by atoms with Crippen LogP contribution in [0.25, 0.3) is 0 Å². The van der Waals surface area contributed by atoms with Crippen molar-refractivity contribution in [3.8, 4) is 0 Å². The van der Waals surface area contributed by atoms with Crippen molar-refractivity contribution < 1.29 is 19.0 Å². The van der Waals surface area contributed by atoms with Crippen molar-refractivity contribution in [3.63, 3.8) is 0 Å². The van der Waals surface area contributed by atoms with Gasteiger partial charge in [-0.2, -0.15) is 11.8 Å². The highest BCUT2D eigenvalue weighted by Crippen LogP contribution is 2.55. The minimum atomic E-state index is -0.302. The summed E-state index contributed by atoms with van der Waals surface area (Å²) < 4.78 is 18.6. The molecular weight excluding hydrogens is 388 g/mol. The average molecular weight is 423 g/mol. The van der Waals surface area contributed by atoms with Crippen LogP contribution < -0.4 is 0 Å². The Kier molecular flexibility index (Phi) is 5.34. The molecular formula is C22H34N2O4S. The summed E-state index contributed by atoms with van der Waals surface area (Å²) in [5, 5.41) is 2.76. The van der Waals surface area contributed by atoms with Gasteiger partial charge in [0.05, 0.1) is 6.61 Å². The standard InChI is InChI=1S/C22H34N2O4S/c1-4-12-25-16(7-1)21-20(17-8-6-14-29-17)22(18-15-27-18,23-10-2-3-11-23)24(28-21)19-9-5-13-26-19/h16-19H,1-15H2. The number of ether oxygens (including phenoxy) is 3. The largest absolute Gasteiger partial charge is 0.403 e. The molecule has 5 fully saturated rings. The van der Waals surface area contributed by atoms with E-state index in [1.54, 1.807) is 0 Å². The van der Waals surface area contributed by atoms with E-state index in [4.69, 9.17) is 19.0 Å². The van der Waals surface area contributed by atoms with Gasteiger partial charge < -0.3 is 19.0 Å². The van der Waals surface area contributed by atoms with Crippen molar-refractivity contribution in [3.05, 3.63) is 11.3 Å². The Labute approximate surface area is 178 Å². The molecule has 0 bridgehead atoms. The first-order chi connectivity index (χ1) is 14.4. The van der Waals surface area contributed by atoms with Gasteiger partial charge >= 0.3 is 0 Å². The van der Waals surface area contributed by atoms with E-state index in [1.807, 2.05) is 0 Å². The zero-order chi connectivity index (χ0) is 19.3. The maximum Gasteiger partial charge on any atom is 0.166 e. The zero-order valence-corrected chi connectivity index (χ0v) is 18.2. The number of rotatable bonds is 5. The Morgan fingerprint density at radius 1 is 0.862 bits per heavy atom. The highest BCUT2D eigenvalue weighted by Gasteiger charge is 2.67. The lowest BCUT2D eigenvalue weighted by molar-refractivity contribution is -0.282. The van der Waals surface area contributed by atoms with Crippen molar-refractivity contribution in [2.45, 2.75) is 87.1 Å². The SMILES string of the molecule is C1CCC(C2=C(C3CCCS3)C(C3CO3)(N3CCCC3)N(C3CCCO3)O2)OC1. The molecule has 0 N–H and O–H groups in total. The molecule has 6 aliphatic rings. The van der Waals surface area contributed by atoms with Gasteiger partial charge in [0.25, 0.3) is 0 Å². The van der Waals surface area contributed by atoms with Crippen LogP contribution in [0, 0.1) is 0 Å². The molecule has 0 saturated carbocycles. The van der Waals surface area contributed by atoms with E-state index in [0.717, 1.165) is 64.4 Å². The summed E-state index contributed by atoms with van der Waals surface area (Å²) in [6, 6.07) is 0. The summed E-state index contributed by atoms with van der Waals surface area (Å²) in [5.74, 6) is 2.36. The van der Waals surface area contributed by atoms with Gasteiger partial charge in [-0.3, -0.25) is 4.90 Å².